The van der Waals surface area contributed by atoms with Crippen molar-refractivity contribution in [1.29, 1.82) is 0 Å². The fraction of sp³-hybridized carbons (Fsp3) is 0.400. The summed E-state index contributed by atoms with van der Waals surface area (Å²) >= 11 is 0. The van der Waals surface area contributed by atoms with Gasteiger partial charge in [0, 0.05) is 73.6 Å². The number of hydrogen-bond donors (Lipinski definition) is 6. The van der Waals surface area contributed by atoms with Crippen LogP contribution in [0.4, 0.5) is 0 Å². The van der Waals surface area contributed by atoms with Crippen molar-refractivity contribution in [3.05, 3.63) is 71.0 Å². The molecule has 0 saturated heterocycles. The predicted octanol–water partition coefficient (Wildman–Crippen LogP) is 6.22. The van der Waals surface area contributed by atoms with Gasteiger partial charge in [0.1, 0.15) is 0 Å². The van der Waals surface area contributed by atoms with E-state index in [-0.39, 0.29) is 106 Å². The first-order valence-electron chi connectivity index (χ1n) is 12.0. The second kappa shape index (κ2) is 39.4. The molecule has 44 heavy (non-hydrogen) atoms. The maximum Gasteiger partial charge on any atom is 0.155 e. The van der Waals surface area contributed by atoms with Gasteiger partial charge in [-0.25, -0.2) is 0 Å². The van der Waals surface area contributed by atoms with Gasteiger partial charge in [0.2, 0.25) is 0 Å². The average molecular weight is 703 g/mol. The van der Waals surface area contributed by atoms with Crippen LogP contribution >= 0.6 is 0 Å². The van der Waals surface area contributed by atoms with E-state index in [1.54, 1.807) is 0 Å². The standard InChI is InChI=1S/6C5H8O2.2V/c6*1-4(6)3-5(2)7;;/h6*3,6H,1-2H3;;/b4-3+;5*4-3-;;. The molecule has 0 aromatic carbocycles. The van der Waals surface area contributed by atoms with Gasteiger partial charge in [-0.15, -0.1) is 0 Å². The smallest absolute Gasteiger partial charge is 0.155 e. The van der Waals surface area contributed by atoms with Gasteiger partial charge >= 0.3 is 0 Å². The maximum atomic E-state index is 10.0. The van der Waals surface area contributed by atoms with Crippen LogP contribution < -0.4 is 0 Å². The number of allylic oxidation sites excluding steroid dienone is 12. The first kappa shape index (κ1) is 59.8. The molecule has 2 radical (unpaired) electrons. The van der Waals surface area contributed by atoms with Gasteiger partial charge in [0.05, 0.1) is 34.6 Å². The van der Waals surface area contributed by atoms with Crippen molar-refractivity contribution in [2.24, 2.45) is 0 Å². The Hall–Kier alpha value is -3.57. The zero-order valence-electron chi connectivity index (χ0n) is 27.5. The van der Waals surface area contributed by atoms with Crippen LogP contribution in [0.1, 0.15) is 83.1 Å². The Bertz CT molecular complexity index is 821. The summed E-state index contributed by atoms with van der Waals surface area (Å²) in [7, 11) is 0. The number of carbonyl (C=O) groups is 6. The summed E-state index contributed by atoms with van der Waals surface area (Å²) in [6, 6.07) is 0. The molecule has 250 valence electrons. The minimum atomic E-state index is -0.125. The molecule has 0 aliphatic rings. The quantitative estimate of drug-likeness (QED) is 0.134. The molecule has 0 aromatic heterocycles. The molecule has 0 aliphatic heterocycles. The molecular weight excluding hydrogens is 654 g/mol. The van der Waals surface area contributed by atoms with E-state index in [4.69, 9.17) is 30.6 Å². The van der Waals surface area contributed by atoms with Crippen molar-refractivity contribution in [2.75, 3.05) is 0 Å². The molecule has 0 unspecified atom stereocenters. The Morgan fingerprint density at radius 2 is 0.341 bits per heavy atom. The van der Waals surface area contributed by atoms with Crippen LogP contribution in [-0.2, 0) is 65.9 Å². The number of hydrogen-bond acceptors (Lipinski definition) is 12. The average Bonchev–Trinajstić information content (AvgIpc) is 2.63. The number of ketones is 6. The van der Waals surface area contributed by atoms with E-state index < -0.39 is 0 Å². The van der Waals surface area contributed by atoms with Crippen LogP contribution in [0, 0.1) is 0 Å². The minimum absolute atomic E-state index is 0. The van der Waals surface area contributed by atoms with Gasteiger partial charge in [-0.3, -0.25) is 28.8 Å². The topological polar surface area (TPSA) is 224 Å². The van der Waals surface area contributed by atoms with E-state index in [0.29, 0.717) is 0 Å². The van der Waals surface area contributed by atoms with Gasteiger partial charge in [0.25, 0.3) is 0 Å². The summed E-state index contributed by atoms with van der Waals surface area (Å²) in [5.74, 6) is -0.375. The van der Waals surface area contributed by atoms with E-state index in [1.807, 2.05) is 0 Å². The molecule has 0 fully saturated rings. The number of rotatable bonds is 6. The largest absolute Gasteiger partial charge is 0.512 e. The molecule has 14 heteroatoms. The van der Waals surface area contributed by atoms with Gasteiger partial charge in [0.15, 0.2) is 34.7 Å². The van der Waals surface area contributed by atoms with Crippen LogP contribution in [0.25, 0.3) is 0 Å². The number of aliphatic hydroxyl groups is 6. The van der Waals surface area contributed by atoms with Crippen LogP contribution in [0.2, 0.25) is 0 Å². The molecule has 0 heterocycles. The predicted molar refractivity (Wildman–Crippen MR) is 162 cm³/mol. The van der Waals surface area contributed by atoms with Gasteiger partial charge in [-0.05, 0) is 83.1 Å². The van der Waals surface area contributed by atoms with Crippen LogP contribution in [-0.4, -0.2) is 65.3 Å². The van der Waals surface area contributed by atoms with Crippen LogP contribution in [0.5, 0.6) is 0 Å². The second-order valence-corrected chi connectivity index (χ2v) is 8.38. The van der Waals surface area contributed by atoms with E-state index in [2.05, 4.69) is 0 Å². The molecule has 0 aliphatic carbocycles. The Morgan fingerprint density at radius 3 is 0.341 bits per heavy atom. The molecule has 0 saturated carbocycles. The zero-order chi connectivity index (χ0) is 35.2. The Kier molecular flexibility index (Phi) is 53.6. The third-order valence-corrected chi connectivity index (χ3v) is 2.47. The van der Waals surface area contributed by atoms with Crippen LogP contribution in [0.3, 0.4) is 0 Å². The van der Waals surface area contributed by atoms with Gasteiger partial charge in [-0.2, -0.15) is 0 Å². The van der Waals surface area contributed by atoms with Crippen molar-refractivity contribution < 1.29 is 96.5 Å². The minimum Gasteiger partial charge on any atom is -0.512 e. The molecule has 12 nitrogen and oxygen atoms in total. The fourth-order valence-corrected chi connectivity index (χ4v) is 1.76. The van der Waals surface area contributed by atoms with Crippen molar-refractivity contribution in [1.82, 2.24) is 0 Å². The molecule has 0 atom stereocenters. The summed E-state index contributed by atoms with van der Waals surface area (Å²) in [5.41, 5.74) is 0. The Labute approximate surface area is 284 Å². The van der Waals surface area contributed by atoms with Crippen LogP contribution in [0.15, 0.2) is 71.0 Å². The molecule has 6 N–H and O–H groups in total. The first-order chi connectivity index (χ1) is 18.8. The molecule has 0 rings (SSSR count). The Morgan fingerprint density at radius 1 is 0.273 bits per heavy atom. The molecular formula is C30H48O12V2. The van der Waals surface area contributed by atoms with E-state index in [9.17, 15) is 28.8 Å². The van der Waals surface area contributed by atoms with Crippen molar-refractivity contribution in [3.63, 3.8) is 0 Å². The summed E-state index contributed by atoms with van der Waals surface area (Å²) in [4.78, 5) is 60.1. The molecule has 0 spiro atoms. The third-order valence-electron chi connectivity index (χ3n) is 2.47. The van der Waals surface area contributed by atoms with Gasteiger partial charge in [-0.1, -0.05) is 0 Å². The first-order valence-corrected chi connectivity index (χ1v) is 12.0. The number of carbonyl (C=O) groups excluding carboxylic acids is 6. The molecule has 0 aromatic rings. The van der Waals surface area contributed by atoms with E-state index in [1.165, 1.54) is 120 Å². The van der Waals surface area contributed by atoms with E-state index >= 15 is 0 Å². The number of aliphatic hydroxyl groups excluding tert-OH is 6. The van der Waals surface area contributed by atoms with E-state index in [0.717, 1.165) is 0 Å². The normalized spacial score (nSPS) is 10.9. The van der Waals surface area contributed by atoms with Gasteiger partial charge < -0.3 is 30.6 Å². The monoisotopic (exact) mass is 702 g/mol. The van der Waals surface area contributed by atoms with Crippen molar-refractivity contribution in [3.8, 4) is 0 Å². The third kappa shape index (κ3) is 129. The zero-order valence-corrected chi connectivity index (χ0v) is 30.3. The summed E-state index contributed by atoms with van der Waals surface area (Å²) < 4.78 is 0. The fourth-order valence-electron chi connectivity index (χ4n) is 1.76. The van der Waals surface area contributed by atoms with Crippen molar-refractivity contribution >= 4 is 34.7 Å². The molecule has 0 bridgehead atoms. The summed E-state index contributed by atoms with van der Waals surface area (Å²) in [6.07, 6.45) is 7.00. The summed E-state index contributed by atoms with van der Waals surface area (Å²) in [6.45, 7) is 17.1. The summed E-state index contributed by atoms with van der Waals surface area (Å²) in [5, 5.41) is 50.2. The SMILES string of the molecule is CC(=O)/C=C(/C)O.CC(=O)/C=C(/C)O.CC(=O)/C=C(/C)O.CC(=O)/C=C(/C)O.CC(=O)/C=C(/C)O.CC(=O)/C=C(\C)O.[V].[V]. The molecule has 0 amide bonds. The Balaban J connectivity index is -0.0000000584. The second-order valence-electron chi connectivity index (χ2n) is 8.38. The van der Waals surface area contributed by atoms with Crippen molar-refractivity contribution in [2.45, 2.75) is 83.1 Å². The maximum absolute atomic E-state index is 10.0.